The molecular formula is C22H21F3N8O2. The second kappa shape index (κ2) is 9.25. The van der Waals surface area contributed by atoms with Crippen LogP contribution in [-0.4, -0.2) is 43.1 Å². The summed E-state index contributed by atoms with van der Waals surface area (Å²) in [6.07, 6.45) is -1.29. The maximum Gasteiger partial charge on any atom is 0.420 e. The largest absolute Gasteiger partial charge is 0.420 e. The van der Waals surface area contributed by atoms with E-state index in [2.05, 4.69) is 35.8 Å². The van der Waals surface area contributed by atoms with Crippen molar-refractivity contribution in [2.45, 2.75) is 33.1 Å². The molecule has 13 heteroatoms. The number of ether oxygens (including phenoxy) is 1. The number of amides is 2. The van der Waals surface area contributed by atoms with E-state index in [1.807, 2.05) is 13.0 Å². The first-order valence-corrected chi connectivity index (χ1v) is 10.4. The molecule has 182 valence electrons. The van der Waals surface area contributed by atoms with E-state index in [9.17, 15) is 18.0 Å². The number of anilines is 2. The van der Waals surface area contributed by atoms with Crippen molar-refractivity contribution in [1.82, 2.24) is 29.9 Å². The predicted octanol–water partition coefficient (Wildman–Crippen LogP) is 4.59. The van der Waals surface area contributed by atoms with Crippen LogP contribution < -0.4 is 10.6 Å². The summed E-state index contributed by atoms with van der Waals surface area (Å²) in [7, 11) is 1.51. The molecule has 0 bridgehead atoms. The quantitative estimate of drug-likeness (QED) is 0.423. The maximum absolute atomic E-state index is 13.7. The zero-order valence-electron chi connectivity index (χ0n) is 19.2. The van der Waals surface area contributed by atoms with Crippen LogP contribution in [0.3, 0.4) is 0 Å². The Morgan fingerprint density at radius 1 is 1.09 bits per heavy atom. The first-order valence-electron chi connectivity index (χ1n) is 10.4. The molecule has 2 N–H and O–H groups in total. The standard InChI is InChI=1S/C22H21F3N8O2/c1-11-5-6-15-19(29-11)18(13(3)35-4)17(10-26-15)32-21(34)31-16-9-14(22(23,24)25)20(30-12(16)2)33-27-7-8-28-33/h5-10,13H,1-4H3,(H2,31,32,34)/t13-/m0/s1. The van der Waals surface area contributed by atoms with Crippen LogP contribution in [-0.2, 0) is 10.9 Å². The van der Waals surface area contributed by atoms with E-state index >= 15 is 0 Å². The average molecular weight is 486 g/mol. The van der Waals surface area contributed by atoms with Crippen molar-refractivity contribution in [3.63, 3.8) is 0 Å². The number of fused-ring (bicyclic) bond motifs is 1. The number of halogens is 3. The number of alkyl halides is 3. The lowest BCUT2D eigenvalue weighted by molar-refractivity contribution is -0.137. The van der Waals surface area contributed by atoms with E-state index in [-0.39, 0.29) is 11.4 Å². The van der Waals surface area contributed by atoms with Crippen LogP contribution in [0, 0.1) is 13.8 Å². The molecule has 4 aromatic heterocycles. The minimum Gasteiger partial charge on any atom is -0.377 e. The Hall–Kier alpha value is -4.13. The highest BCUT2D eigenvalue weighted by Crippen LogP contribution is 2.35. The van der Waals surface area contributed by atoms with Crippen LogP contribution in [0.25, 0.3) is 16.9 Å². The number of nitrogens with zero attached hydrogens (tertiary/aromatic N) is 6. The van der Waals surface area contributed by atoms with Crippen LogP contribution in [0.5, 0.6) is 0 Å². The Morgan fingerprint density at radius 2 is 1.77 bits per heavy atom. The minimum absolute atomic E-state index is 0.130. The fourth-order valence-electron chi connectivity index (χ4n) is 3.49. The molecule has 1 atom stereocenters. The highest BCUT2D eigenvalue weighted by atomic mass is 19.4. The Morgan fingerprint density at radius 3 is 2.43 bits per heavy atom. The topological polar surface area (TPSA) is 120 Å². The van der Waals surface area contributed by atoms with E-state index in [0.717, 1.165) is 16.6 Å². The van der Waals surface area contributed by atoms with Gasteiger partial charge in [-0.1, -0.05) is 0 Å². The van der Waals surface area contributed by atoms with E-state index in [1.54, 1.807) is 13.0 Å². The van der Waals surface area contributed by atoms with Gasteiger partial charge in [0.25, 0.3) is 0 Å². The van der Waals surface area contributed by atoms with Crippen molar-refractivity contribution >= 4 is 28.4 Å². The summed E-state index contributed by atoms with van der Waals surface area (Å²) in [4.78, 5) is 26.4. The van der Waals surface area contributed by atoms with Crippen molar-refractivity contribution in [2.24, 2.45) is 0 Å². The lowest BCUT2D eigenvalue weighted by atomic mass is 10.1. The summed E-state index contributed by atoms with van der Waals surface area (Å²) < 4.78 is 46.7. The molecule has 10 nitrogen and oxygen atoms in total. The van der Waals surface area contributed by atoms with Gasteiger partial charge in [-0.25, -0.2) is 9.78 Å². The number of hydrogen-bond donors (Lipinski definition) is 2. The van der Waals surface area contributed by atoms with Crippen LogP contribution >= 0.6 is 0 Å². The summed E-state index contributed by atoms with van der Waals surface area (Å²) in [5.74, 6) is -0.498. The Labute approximate surface area is 197 Å². The van der Waals surface area contributed by atoms with Crippen molar-refractivity contribution < 1.29 is 22.7 Å². The minimum atomic E-state index is -4.76. The van der Waals surface area contributed by atoms with Crippen LogP contribution in [0.15, 0.2) is 36.8 Å². The number of rotatable bonds is 5. The number of nitrogens with one attached hydrogen (secondary N) is 2. The molecule has 0 aliphatic carbocycles. The Balaban J connectivity index is 1.69. The van der Waals surface area contributed by atoms with Gasteiger partial charge in [-0.2, -0.15) is 23.4 Å². The number of aryl methyl sites for hydroxylation is 2. The smallest absolute Gasteiger partial charge is 0.377 e. The second-order valence-corrected chi connectivity index (χ2v) is 7.67. The number of carbonyl (C=O) groups excluding carboxylic acids is 1. The predicted molar refractivity (Wildman–Crippen MR) is 121 cm³/mol. The Bertz CT molecular complexity index is 1390. The molecule has 4 aromatic rings. The molecule has 0 spiro atoms. The lowest BCUT2D eigenvalue weighted by Gasteiger charge is -2.19. The van der Waals surface area contributed by atoms with Gasteiger partial charge in [0.1, 0.15) is 5.56 Å². The summed E-state index contributed by atoms with van der Waals surface area (Å²) in [6.45, 7) is 5.07. The number of urea groups is 1. The third-order valence-corrected chi connectivity index (χ3v) is 5.25. The van der Waals surface area contributed by atoms with E-state index in [1.165, 1.54) is 32.6 Å². The number of pyridine rings is 3. The van der Waals surface area contributed by atoms with Crippen molar-refractivity contribution in [3.8, 4) is 5.82 Å². The summed E-state index contributed by atoms with van der Waals surface area (Å²) in [6, 6.07) is 3.62. The molecule has 0 saturated carbocycles. The number of carbonyl (C=O) groups is 1. The van der Waals surface area contributed by atoms with Crippen LogP contribution in [0.4, 0.5) is 29.3 Å². The van der Waals surface area contributed by atoms with Gasteiger partial charge < -0.3 is 15.4 Å². The second-order valence-electron chi connectivity index (χ2n) is 7.67. The van der Waals surface area contributed by atoms with Crippen molar-refractivity contribution in [1.29, 1.82) is 0 Å². The molecule has 0 aliphatic rings. The molecule has 0 saturated heterocycles. The summed E-state index contributed by atoms with van der Waals surface area (Å²) >= 11 is 0. The molecule has 4 heterocycles. The molecule has 35 heavy (non-hydrogen) atoms. The van der Waals surface area contributed by atoms with Gasteiger partial charge in [0.2, 0.25) is 0 Å². The highest BCUT2D eigenvalue weighted by molar-refractivity contribution is 6.02. The van der Waals surface area contributed by atoms with Crippen LogP contribution in [0.1, 0.15) is 35.5 Å². The van der Waals surface area contributed by atoms with Crippen molar-refractivity contribution in [3.05, 3.63) is 59.3 Å². The normalized spacial score (nSPS) is 12.5. The van der Waals surface area contributed by atoms with E-state index in [4.69, 9.17) is 4.74 Å². The summed E-state index contributed by atoms with van der Waals surface area (Å²) in [5.41, 5.74) is 1.70. The third kappa shape index (κ3) is 4.89. The first-order chi connectivity index (χ1) is 16.6. The number of methoxy groups -OCH3 is 1. The van der Waals surface area contributed by atoms with Gasteiger partial charge in [0.15, 0.2) is 5.82 Å². The molecule has 2 amide bonds. The molecular weight excluding hydrogens is 465 g/mol. The number of aromatic nitrogens is 6. The summed E-state index contributed by atoms with van der Waals surface area (Å²) in [5, 5.41) is 12.5. The highest BCUT2D eigenvalue weighted by Gasteiger charge is 2.36. The fourth-order valence-corrected chi connectivity index (χ4v) is 3.49. The zero-order valence-corrected chi connectivity index (χ0v) is 19.2. The molecule has 0 fully saturated rings. The van der Waals surface area contributed by atoms with Gasteiger partial charge in [0, 0.05) is 18.4 Å². The van der Waals surface area contributed by atoms with E-state index in [0.29, 0.717) is 22.3 Å². The molecule has 0 aliphatic heterocycles. The molecule has 0 radical (unpaired) electrons. The monoisotopic (exact) mass is 486 g/mol. The first kappa shape index (κ1) is 24.0. The SMILES string of the molecule is CO[C@@H](C)c1c(NC(=O)Nc2cc(C(F)(F)F)c(-n3nccn3)nc2C)cnc2ccc(C)nc12. The van der Waals surface area contributed by atoms with Gasteiger partial charge in [-0.15, -0.1) is 4.80 Å². The average Bonchev–Trinajstić information content (AvgIpc) is 3.33. The molecule has 0 unspecified atom stereocenters. The third-order valence-electron chi connectivity index (χ3n) is 5.25. The van der Waals surface area contributed by atoms with E-state index < -0.39 is 29.7 Å². The lowest BCUT2D eigenvalue weighted by Crippen LogP contribution is -2.23. The molecule has 4 rings (SSSR count). The van der Waals surface area contributed by atoms with Crippen molar-refractivity contribution in [2.75, 3.05) is 17.7 Å². The van der Waals surface area contributed by atoms with Crippen LogP contribution in [0.2, 0.25) is 0 Å². The van der Waals surface area contributed by atoms with Gasteiger partial charge in [-0.3, -0.25) is 9.97 Å². The fraction of sp³-hybridized carbons (Fsp3) is 0.273. The maximum atomic E-state index is 13.7. The van der Waals surface area contributed by atoms with Gasteiger partial charge >= 0.3 is 12.2 Å². The number of hydrogen-bond acceptors (Lipinski definition) is 7. The molecule has 0 aromatic carbocycles. The zero-order chi connectivity index (χ0) is 25.3. The Kier molecular flexibility index (Phi) is 6.35. The van der Waals surface area contributed by atoms with Gasteiger partial charge in [0.05, 0.1) is 52.8 Å². The van der Waals surface area contributed by atoms with Gasteiger partial charge in [-0.05, 0) is 39.0 Å².